The molecule has 0 saturated heterocycles. The van der Waals surface area contributed by atoms with E-state index in [-0.39, 0.29) is 11.1 Å². The topological polar surface area (TPSA) is 21.3 Å². The Bertz CT molecular complexity index is 636. The molecule has 0 saturated carbocycles. The minimum Gasteiger partial charge on any atom is -0.494 e. The van der Waals surface area contributed by atoms with Crippen molar-refractivity contribution in [1.82, 2.24) is 5.32 Å². The number of hydrogen-bond acceptors (Lipinski definition) is 2. The molecule has 5 heteroatoms. The summed E-state index contributed by atoms with van der Waals surface area (Å²) in [5.74, 6) is 0.366. The maximum Gasteiger partial charge on any atom is 0.142 e. The molecule has 1 atom stereocenters. The van der Waals surface area contributed by atoms with Gasteiger partial charge in [0.25, 0.3) is 0 Å². The quantitative estimate of drug-likeness (QED) is 0.802. The Labute approximate surface area is 137 Å². The average Bonchev–Trinajstić information content (AvgIpc) is 2.46. The lowest BCUT2D eigenvalue weighted by Gasteiger charge is -2.20. The Balaban J connectivity index is 2.44. The van der Waals surface area contributed by atoms with E-state index in [4.69, 9.17) is 16.3 Å². The zero-order chi connectivity index (χ0) is 15.4. The third-order valence-electron chi connectivity index (χ3n) is 3.18. The molecule has 0 heterocycles. The van der Waals surface area contributed by atoms with E-state index in [2.05, 4.69) is 21.2 Å². The fourth-order valence-electron chi connectivity index (χ4n) is 2.22. The second-order valence-corrected chi connectivity index (χ2v) is 5.71. The molecule has 1 unspecified atom stereocenters. The first-order chi connectivity index (χ1) is 10.1. The van der Waals surface area contributed by atoms with Gasteiger partial charge in [0.15, 0.2) is 0 Å². The molecule has 112 valence electrons. The van der Waals surface area contributed by atoms with Gasteiger partial charge in [-0.2, -0.15) is 0 Å². The van der Waals surface area contributed by atoms with Gasteiger partial charge < -0.3 is 10.1 Å². The monoisotopic (exact) mass is 371 g/mol. The van der Waals surface area contributed by atoms with Crippen molar-refractivity contribution in [2.24, 2.45) is 0 Å². The minimum atomic E-state index is -0.420. The summed E-state index contributed by atoms with van der Waals surface area (Å²) < 4.78 is 20.0. The lowest BCUT2D eigenvalue weighted by Crippen LogP contribution is -2.19. The second kappa shape index (κ2) is 7.25. The maximum absolute atomic E-state index is 13.7. The summed E-state index contributed by atoms with van der Waals surface area (Å²) in [5, 5.41) is 3.31. The number of hydrogen-bond donors (Lipinski definition) is 1. The van der Waals surface area contributed by atoms with E-state index >= 15 is 0 Å². The number of ether oxygens (including phenoxy) is 1. The second-order valence-electron chi connectivity index (χ2n) is 4.48. The summed E-state index contributed by atoms with van der Waals surface area (Å²) in [7, 11) is 1.81. The van der Waals surface area contributed by atoms with Crippen molar-refractivity contribution in [3.8, 4) is 5.75 Å². The van der Waals surface area contributed by atoms with Crippen LogP contribution >= 0.6 is 27.5 Å². The molecular formula is C16H16BrClFNO. The van der Waals surface area contributed by atoms with E-state index in [0.717, 1.165) is 15.8 Å². The molecule has 0 aliphatic rings. The minimum absolute atomic E-state index is 0.137. The van der Waals surface area contributed by atoms with Crippen molar-refractivity contribution in [2.45, 2.75) is 13.0 Å². The van der Waals surface area contributed by atoms with Crippen LogP contribution in [0.1, 0.15) is 24.1 Å². The Morgan fingerprint density at radius 2 is 2.05 bits per heavy atom. The first-order valence-corrected chi connectivity index (χ1v) is 7.79. The van der Waals surface area contributed by atoms with Gasteiger partial charge >= 0.3 is 0 Å². The standard InChI is InChI=1S/C16H16BrClFNO/c1-3-21-10-7-8-11(13(17)9-10)16(20-2)12-5-4-6-14(19)15(12)18/h4-9,16,20H,3H2,1-2H3. The highest BCUT2D eigenvalue weighted by atomic mass is 79.9. The molecular weight excluding hydrogens is 357 g/mol. The number of nitrogens with one attached hydrogen (secondary N) is 1. The molecule has 2 aromatic carbocycles. The van der Waals surface area contributed by atoms with Crippen LogP contribution in [-0.4, -0.2) is 13.7 Å². The van der Waals surface area contributed by atoms with Crippen LogP contribution in [0.15, 0.2) is 40.9 Å². The molecule has 0 spiro atoms. The van der Waals surface area contributed by atoms with Gasteiger partial charge in [0.2, 0.25) is 0 Å². The molecule has 1 N–H and O–H groups in total. The predicted molar refractivity (Wildman–Crippen MR) is 87.6 cm³/mol. The van der Waals surface area contributed by atoms with Gasteiger partial charge in [0.1, 0.15) is 11.6 Å². The smallest absolute Gasteiger partial charge is 0.142 e. The van der Waals surface area contributed by atoms with Crippen LogP contribution in [-0.2, 0) is 0 Å². The van der Waals surface area contributed by atoms with Crippen LogP contribution in [0.5, 0.6) is 5.75 Å². The molecule has 2 rings (SSSR count). The van der Waals surface area contributed by atoms with Gasteiger partial charge in [-0.05, 0) is 43.3 Å². The van der Waals surface area contributed by atoms with Crippen molar-refractivity contribution in [1.29, 1.82) is 0 Å². The number of halogens is 3. The molecule has 0 aliphatic carbocycles. The van der Waals surface area contributed by atoms with Crippen molar-refractivity contribution < 1.29 is 9.13 Å². The van der Waals surface area contributed by atoms with Gasteiger partial charge in [-0.15, -0.1) is 0 Å². The van der Waals surface area contributed by atoms with Crippen molar-refractivity contribution in [3.05, 3.63) is 62.8 Å². The van der Waals surface area contributed by atoms with Crippen LogP contribution < -0.4 is 10.1 Å². The first-order valence-electron chi connectivity index (χ1n) is 6.61. The van der Waals surface area contributed by atoms with Crippen molar-refractivity contribution >= 4 is 27.5 Å². The van der Waals surface area contributed by atoms with Gasteiger partial charge in [-0.1, -0.05) is 45.7 Å². The van der Waals surface area contributed by atoms with Crippen LogP contribution in [0.3, 0.4) is 0 Å². The van der Waals surface area contributed by atoms with Gasteiger partial charge in [0.05, 0.1) is 17.7 Å². The predicted octanol–water partition coefficient (Wildman–Crippen LogP) is 4.95. The third-order valence-corrected chi connectivity index (χ3v) is 4.26. The SMILES string of the molecule is CCOc1ccc(C(NC)c2cccc(F)c2Cl)c(Br)c1. The van der Waals surface area contributed by atoms with E-state index in [0.29, 0.717) is 12.2 Å². The summed E-state index contributed by atoms with van der Waals surface area (Å²) >= 11 is 9.64. The fraction of sp³-hybridized carbons (Fsp3) is 0.250. The third kappa shape index (κ3) is 3.57. The molecule has 0 radical (unpaired) electrons. The average molecular weight is 373 g/mol. The van der Waals surface area contributed by atoms with Crippen molar-refractivity contribution in [2.75, 3.05) is 13.7 Å². The van der Waals surface area contributed by atoms with Gasteiger partial charge in [0, 0.05) is 4.47 Å². The first kappa shape index (κ1) is 16.3. The highest BCUT2D eigenvalue weighted by molar-refractivity contribution is 9.10. The molecule has 0 bridgehead atoms. The molecule has 21 heavy (non-hydrogen) atoms. The van der Waals surface area contributed by atoms with E-state index in [1.807, 2.05) is 38.2 Å². The highest BCUT2D eigenvalue weighted by Gasteiger charge is 2.19. The highest BCUT2D eigenvalue weighted by Crippen LogP contribution is 2.35. The van der Waals surface area contributed by atoms with Crippen LogP contribution in [0.2, 0.25) is 5.02 Å². The van der Waals surface area contributed by atoms with Gasteiger partial charge in [-0.25, -0.2) is 4.39 Å². The number of benzene rings is 2. The Kier molecular flexibility index (Phi) is 5.62. The molecule has 2 nitrogen and oxygen atoms in total. The zero-order valence-electron chi connectivity index (χ0n) is 11.8. The molecule has 0 aliphatic heterocycles. The lowest BCUT2D eigenvalue weighted by atomic mass is 9.98. The zero-order valence-corrected chi connectivity index (χ0v) is 14.1. The molecule has 0 aromatic heterocycles. The van der Waals surface area contributed by atoms with Crippen LogP contribution in [0, 0.1) is 5.82 Å². The van der Waals surface area contributed by atoms with E-state index in [9.17, 15) is 4.39 Å². The maximum atomic E-state index is 13.7. The molecule has 2 aromatic rings. The van der Waals surface area contributed by atoms with E-state index in [1.165, 1.54) is 6.07 Å². The van der Waals surface area contributed by atoms with Crippen molar-refractivity contribution in [3.63, 3.8) is 0 Å². The summed E-state index contributed by atoms with van der Waals surface area (Å²) in [6, 6.07) is 10.3. The van der Waals surface area contributed by atoms with Crippen LogP contribution in [0.4, 0.5) is 4.39 Å². The van der Waals surface area contributed by atoms with E-state index < -0.39 is 5.82 Å². The Hall–Kier alpha value is -1.10. The van der Waals surface area contributed by atoms with E-state index in [1.54, 1.807) is 6.07 Å². The summed E-state index contributed by atoms with van der Waals surface area (Å²) in [6.07, 6.45) is 0. The lowest BCUT2D eigenvalue weighted by molar-refractivity contribution is 0.340. The normalized spacial score (nSPS) is 12.2. The largest absolute Gasteiger partial charge is 0.494 e. The molecule has 0 amide bonds. The summed E-state index contributed by atoms with van der Waals surface area (Å²) in [4.78, 5) is 0. The Morgan fingerprint density at radius 1 is 1.29 bits per heavy atom. The summed E-state index contributed by atoms with van der Waals surface area (Å²) in [6.45, 7) is 2.54. The fourth-order valence-corrected chi connectivity index (χ4v) is 3.04. The molecule has 0 fully saturated rings. The van der Waals surface area contributed by atoms with Crippen LogP contribution in [0.25, 0.3) is 0 Å². The summed E-state index contributed by atoms with van der Waals surface area (Å²) in [5.41, 5.74) is 1.66. The van der Waals surface area contributed by atoms with Gasteiger partial charge in [-0.3, -0.25) is 0 Å². The number of rotatable bonds is 5. The Morgan fingerprint density at radius 3 is 2.67 bits per heavy atom.